The quantitative estimate of drug-likeness (QED) is 0.478. The third kappa shape index (κ3) is 5.69. The molecule has 0 spiro atoms. The molecule has 0 aromatic heterocycles. The average Bonchev–Trinajstić information content (AvgIpc) is 2.89. The van der Waals surface area contributed by atoms with E-state index in [0.29, 0.717) is 16.8 Å². The number of thiocarbonyl (C=S) groups is 1. The van der Waals surface area contributed by atoms with Crippen LogP contribution >= 0.6 is 12.2 Å². The van der Waals surface area contributed by atoms with E-state index in [1.807, 2.05) is 60.7 Å². The van der Waals surface area contributed by atoms with E-state index in [1.54, 1.807) is 30.1 Å². The molecule has 0 atom stereocenters. The summed E-state index contributed by atoms with van der Waals surface area (Å²) in [5.41, 5.74) is 3.83. The van der Waals surface area contributed by atoms with E-state index < -0.39 is 0 Å². The summed E-state index contributed by atoms with van der Waals surface area (Å²) in [5.74, 6) is -0.402. The number of benzene rings is 3. The SMILES string of the molecule is CN(C(=S)NC(=O)c1ccc(-c2ccccc2)cc1)c1ccccc1C(=O)NC1CCCCC1. The summed E-state index contributed by atoms with van der Waals surface area (Å²) in [6.45, 7) is 0. The highest BCUT2D eigenvalue weighted by molar-refractivity contribution is 7.80. The maximum absolute atomic E-state index is 13.0. The number of hydrogen-bond donors (Lipinski definition) is 2. The number of carbonyl (C=O) groups is 2. The lowest BCUT2D eigenvalue weighted by Crippen LogP contribution is -2.42. The summed E-state index contributed by atoms with van der Waals surface area (Å²) in [7, 11) is 1.76. The summed E-state index contributed by atoms with van der Waals surface area (Å²) in [5, 5.41) is 6.18. The van der Waals surface area contributed by atoms with Crippen LogP contribution in [0.1, 0.15) is 52.8 Å². The summed E-state index contributed by atoms with van der Waals surface area (Å²) in [4.78, 5) is 27.5. The molecule has 3 aromatic rings. The smallest absolute Gasteiger partial charge is 0.257 e. The standard InChI is InChI=1S/C28H29N3O2S/c1-31(25-15-9-8-14-24(25)27(33)29-23-12-6-3-7-13-23)28(34)30-26(32)22-18-16-21(17-19-22)20-10-4-2-5-11-20/h2,4-5,8-11,14-19,23H,3,6-7,12-13H2,1H3,(H,29,33)(H,30,32,34). The van der Waals surface area contributed by atoms with Gasteiger partial charge in [-0.15, -0.1) is 0 Å². The highest BCUT2D eigenvalue weighted by atomic mass is 32.1. The van der Waals surface area contributed by atoms with Gasteiger partial charge in [-0.1, -0.05) is 73.9 Å². The van der Waals surface area contributed by atoms with E-state index in [-0.39, 0.29) is 23.0 Å². The number of nitrogens with zero attached hydrogens (tertiary/aromatic N) is 1. The molecule has 3 aromatic carbocycles. The zero-order valence-electron chi connectivity index (χ0n) is 19.3. The van der Waals surface area contributed by atoms with Crippen molar-refractivity contribution in [1.82, 2.24) is 10.6 Å². The molecule has 0 saturated heterocycles. The molecule has 34 heavy (non-hydrogen) atoms. The third-order valence-electron chi connectivity index (χ3n) is 6.23. The van der Waals surface area contributed by atoms with Crippen LogP contribution in [0.2, 0.25) is 0 Å². The van der Waals surface area contributed by atoms with Gasteiger partial charge in [0.2, 0.25) is 0 Å². The van der Waals surface area contributed by atoms with Crippen LogP contribution < -0.4 is 15.5 Å². The Morgan fingerprint density at radius 3 is 2.12 bits per heavy atom. The molecule has 6 heteroatoms. The predicted molar refractivity (Wildman–Crippen MR) is 141 cm³/mol. The molecule has 0 bridgehead atoms. The molecule has 174 valence electrons. The van der Waals surface area contributed by atoms with E-state index >= 15 is 0 Å². The van der Waals surface area contributed by atoms with E-state index in [1.165, 1.54) is 6.42 Å². The second kappa shape index (κ2) is 11.1. The minimum Gasteiger partial charge on any atom is -0.349 e. The van der Waals surface area contributed by atoms with E-state index in [4.69, 9.17) is 12.2 Å². The van der Waals surface area contributed by atoms with Gasteiger partial charge in [0.25, 0.3) is 11.8 Å². The number of rotatable bonds is 5. The lowest BCUT2D eigenvalue weighted by molar-refractivity contribution is 0.0927. The Labute approximate surface area is 206 Å². The van der Waals surface area contributed by atoms with Gasteiger partial charge in [0.1, 0.15) is 0 Å². The van der Waals surface area contributed by atoms with Gasteiger partial charge < -0.3 is 10.2 Å². The molecular formula is C28H29N3O2S. The van der Waals surface area contributed by atoms with Gasteiger partial charge >= 0.3 is 0 Å². The van der Waals surface area contributed by atoms with Crippen LogP contribution in [0.15, 0.2) is 78.9 Å². The van der Waals surface area contributed by atoms with Crippen molar-refractivity contribution in [2.45, 2.75) is 38.1 Å². The van der Waals surface area contributed by atoms with Crippen LogP contribution in [0.25, 0.3) is 11.1 Å². The largest absolute Gasteiger partial charge is 0.349 e. The first-order valence-electron chi connectivity index (χ1n) is 11.7. The van der Waals surface area contributed by atoms with E-state index in [9.17, 15) is 9.59 Å². The molecule has 0 aliphatic heterocycles. The number of anilines is 1. The normalized spacial score (nSPS) is 13.7. The maximum atomic E-state index is 13.0. The van der Waals surface area contributed by atoms with Crippen molar-refractivity contribution in [2.75, 3.05) is 11.9 Å². The van der Waals surface area contributed by atoms with Gasteiger partial charge in [-0.3, -0.25) is 14.9 Å². The first kappa shape index (κ1) is 23.6. The van der Waals surface area contributed by atoms with Crippen molar-refractivity contribution >= 4 is 34.8 Å². The summed E-state index contributed by atoms with van der Waals surface area (Å²) in [6, 6.07) is 24.9. The average molecular weight is 472 g/mol. The van der Waals surface area contributed by atoms with Crippen molar-refractivity contribution in [2.24, 2.45) is 0 Å². The van der Waals surface area contributed by atoms with Crippen LogP contribution in [-0.2, 0) is 0 Å². The summed E-state index contributed by atoms with van der Waals surface area (Å²) in [6.07, 6.45) is 5.56. The third-order valence-corrected chi connectivity index (χ3v) is 6.61. The van der Waals surface area contributed by atoms with Crippen LogP contribution in [0.3, 0.4) is 0 Å². The lowest BCUT2D eigenvalue weighted by Gasteiger charge is -2.26. The number of nitrogens with one attached hydrogen (secondary N) is 2. The predicted octanol–water partition coefficient (Wildman–Crippen LogP) is 5.57. The minimum absolute atomic E-state index is 0.111. The Balaban J connectivity index is 1.42. The molecule has 1 aliphatic carbocycles. The monoisotopic (exact) mass is 471 g/mol. The Kier molecular flexibility index (Phi) is 7.70. The van der Waals surface area contributed by atoms with Gasteiger partial charge in [0.05, 0.1) is 11.3 Å². The highest BCUT2D eigenvalue weighted by Crippen LogP contribution is 2.23. The molecule has 1 saturated carbocycles. The molecule has 0 unspecified atom stereocenters. The molecular weight excluding hydrogens is 442 g/mol. The minimum atomic E-state index is -0.291. The molecule has 1 aliphatic rings. The van der Waals surface area contributed by atoms with Crippen LogP contribution in [0.4, 0.5) is 5.69 Å². The first-order chi connectivity index (χ1) is 16.5. The molecule has 4 rings (SSSR count). The van der Waals surface area contributed by atoms with Crippen molar-refractivity contribution in [3.05, 3.63) is 90.0 Å². The number of para-hydroxylation sites is 1. The first-order valence-corrected chi connectivity index (χ1v) is 12.1. The van der Waals surface area contributed by atoms with E-state index in [2.05, 4.69) is 10.6 Å². The Hall–Kier alpha value is -3.51. The summed E-state index contributed by atoms with van der Waals surface area (Å²) < 4.78 is 0. The number of carbonyl (C=O) groups excluding carboxylic acids is 2. The van der Waals surface area contributed by atoms with Crippen molar-refractivity contribution in [3.8, 4) is 11.1 Å². The van der Waals surface area contributed by atoms with Gasteiger partial charge in [0, 0.05) is 18.7 Å². The van der Waals surface area contributed by atoms with Crippen LogP contribution in [-0.4, -0.2) is 30.0 Å². The second-order valence-corrected chi connectivity index (χ2v) is 8.97. The molecule has 5 nitrogen and oxygen atoms in total. The number of hydrogen-bond acceptors (Lipinski definition) is 3. The lowest BCUT2D eigenvalue weighted by atomic mass is 9.95. The van der Waals surface area contributed by atoms with Gasteiger partial charge in [-0.25, -0.2) is 0 Å². The zero-order valence-corrected chi connectivity index (χ0v) is 20.1. The van der Waals surface area contributed by atoms with Crippen molar-refractivity contribution in [1.29, 1.82) is 0 Å². The fraction of sp³-hybridized carbons (Fsp3) is 0.250. The highest BCUT2D eigenvalue weighted by Gasteiger charge is 2.21. The topological polar surface area (TPSA) is 61.4 Å². The summed E-state index contributed by atoms with van der Waals surface area (Å²) >= 11 is 5.51. The molecule has 0 radical (unpaired) electrons. The molecule has 1 fully saturated rings. The number of amides is 2. The molecule has 2 amide bonds. The van der Waals surface area contributed by atoms with Gasteiger partial charge in [-0.05, 0) is 60.5 Å². The van der Waals surface area contributed by atoms with Crippen molar-refractivity contribution < 1.29 is 9.59 Å². The zero-order chi connectivity index (χ0) is 23.9. The fourth-order valence-corrected chi connectivity index (χ4v) is 4.47. The fourth-order valence-electron chi connectivity index (χ4n) is 4.28. The Morgan fingerprint density at radius 2 is 1.41 bits per heavy atom. The van der Waals surface area contributed by atoms with E-state index in [0.717, 1.165) is 36.8 Å². The van der Waals surface area contributed by atoms with Gasteiger partial charge in [0.15, 0.2) is 5.11 Å². The second-order valence-electron chi connectivity index (χ2n) is 8.59. The van der Waals surface area contributed by atoms with Gasteiger partial charge in [-0.2, -0.15) is 0 Å². The van der Waals surface area contributed by atoms with Crippen molar-refractivity contribution in [3.63, 3.8) is 0 Å². The Bertz CT molecular complexity index is 1160. The van der Waals surface area contributed by atoms with Crippen LogP contribution in [0, 0.1) is 0 Å². The molecule has 2 N–H and O–H groups in total. The maximum Gasteiger partial charge on any atom is 0.257 e. The molecule has 0 heterocycles. The van der Waals surface area contributed by atoms with Crippen LogP contribution in [0.5, 0.6) is 0 Å². The Morgan fingerprint density at radius 1 is 0.794 bits per heavy atom.